The highest BCUT2D eigenvalue weighted by molar-refractivity contribution is 7.27. The fourth-order valence-electron chi connectivity index (χ4n) is 10.9. The van der Waals surface area contributed by atoms with Crippen LogP contribution in [0.1, 0.15) is 0 Å². The molecule has 5 heterocycles. The van der Waals surface area contributed by atoms with Crippen LogP contribution in [0.2, 0.25) is 0 Å². The SMILES string of the molecule is c1ccc(-c2ccc(-c3nc(-c4ccccc4)nc(-c4ccc(-n5c6ccccc6c6c7sc8ccccc8c7c7c(c8ccccc8n7-c7ccccc7)c65)c5oc6ccccc6c45)n3)cc2)cc1. The van der Waals surface area contributed by atoms with Crippen molar-refractivity contribution in [3.63, 3.8) is 0 Å². The first kappa shape index (κ1) is 38.9. The smallest absolute Gasteiger partial charge is 0.164 e. The van der Waals surface area contributed by atoms with Gasteiger partial charge in [-0.15, -0.1) is 11.3 Å². The van der Waals surface area contributed by atoms with Gasteiger partial charge in [0.1, 0.15) is 5.58 Å². The number of aromatic nitrogens is 5. The Hall–Kier alpha value is -9.17. The minimum absolute atomic E-state index is 0.571. The highest BCUT2D eigenvalue weighted by atomic mass is 32.1. The van der Waals surface area contributed by atoms with Gasteiger partial charge in [-0.2, -0.15) is 0 Å². The van der Waals surface area contributed by atoms with E-state index < -0.39 is 0 Å². The average Bonchev–Trinajstić information content (AvgIpc) is 4.20. The Labute approximate surface area is 404 Å². The Morgan fingerprint density at radius 3 is 1.59 bits per heavy atom. The maximum atomic E-state index is 7.17. The first-order valence-electron chi connectivity index (χ1n) is 23.5. The van der Waals surface area contributed by atoms with Crippen molar-refractivity contribution in [2.24, 2.45) is 0 Å². The lowest BCUT2D eigenvalue weighted by atomic mass is 10.0. The van der Waals surface area contributed by atoms with E-state index in [-0.39, 0.29) is 0 Å². The molecule has 0 spiro atoms. The molecule has 15 rings (SSSR count). The van der Waals surface area contributed by atoms with Gasteiger partial charge in [0.2, 0.25) is 0 Å². The van der Waals surface area contributed by atoms with Gasteiger partial charge in [-0.25, -0.2) is 15.0 Å². The van der Waals surface area contributed by atoms with E-state index in [1.165, 1.54) is 47.2 Å². The molecule has 0 aliphatic carbocycles. The summed E-state index contributed by atoms with van der Waals surface area (Å²) >= 11 is 1.88. The van der Waals surface area contributed by atoms with Crippen molar-refractivity contribution >= 4 is 97.1 Å². The second-order valence-corrected chi connectivity index (χ2v) is 18.9. The molecule has 0 radical (unpaired) electrons. The van der Waals surface area contributed by atoms with Crippen molar-refractivity contribution in [1.29, 1.82) is 0 Å². The zero-order chi connectivity index (χ0) is 45.9. The van der Waals surface area contributed by atoms with E-state index in [4.69, 9.17) is 19.4 Å². The van der Waals surface area contributed by atoms with E-state index in [0.29, 0.717) is 17.5 Å². The summed E-state index contributed by atoms with van der Waals surface area (Å²) < 4.78 is 14.6. The number of rotatable bonds is 6. The quantitative estimate of drug-likeness (QED) is 0.167. The molecule has 0 fully saturated rings. The summed E-state index contributed by atoms with van der Waals surface area (Å²) in [5.41, 5.74) is 13.2. The summed E-state index contributed by atoms with van der Waals surface area (Å²) in [7, 11) is 0. The van der Waals surface area contributed by atoms with Gasteiger partial charge in [0.05, 0.1) is 27.8 Å². The Morgan fingerprint density at radius 1 is 0.357 bits per heavy atom. The molecular formula is C63H37N5OS. The van der Waals surface area contributed by atoms with Crippen molar-refractivity contribution in [2.45, 2.75) is 0 Å². The molecule has 0 N–H and O–H groups in total. The second-order valence-electron chi connectivity index (χ2n) is 17.8. The maximum Gasteiger partial charge on any atom is 0.164 e. The molecule has 0 saturated heterocycles. The Kier molecular flexibility index (Phi) is 8.43. The summed E-state index contributed by atoms with van der Waals surface area (Å²) in [6.45, 7) is 0. The van der Waals surface area contributed by atoms with Crippen LogP contribution in [0.15, 0.2) is 229 Å². The molecule has 7 heteroatoms. The number of para-hydroxylation sites is 4. The normalized spacial score (nSPS) is 12.0. The van der Waals surface area contributed by atoms with Crippen LogP contribution in [0.4, 0.5) is 0 Å². The number of benzene rings is 10. The standard InChI is InChI=1S/C63H37N5OS/c1-4-18-38(19-5-1)39-32-34-41(35-33-39)62-64-61(40-20-6-2-7-21-40)65-63(66-62)47-36-37-50(59-53(47)45-26-12-16-30-51(45)69-59)68-49-29-15-11-25-44(49)55-58(68)54-43-24-10-14-28-48(43)67(42-22-8-3-9-23-42)57(54)56-46-27-13-17-31-52(46)70-60(55)56/h1-37H. The summed E-state index contributed by atoms with van der Waals surface area (Å²) in [6, 6.07) is 79.2. The van der Waals surface area contributed by atoms with Crippen LogP contribution in [0, 0.1) is 0 Å². The van der Waals surface area contributed by atoms with Gasteiger partial charge < -0.3 is 13.6 Å². The lowest BCUT2D eigenvalue weighted by Gasteiger charge is -2.14. The molecule has 0 aliphatic rings. The minimum atomic E-state index is 0.571. The summed E-state index contributed by atoms with van der Waals surface area (Å²) in [5.74, 6) is 1.77. The zero-order valence-corrected chi connectivity index (χ0v) is 38.2. The minimum Gasteiger partial charge on any atom is -0.454 e. The van der Waals surface area contributed by atoms with Gasteiger partial charge in [-0.3, -0.25) is 0 Å². The van der Waals surface area contributed by atoms with Crippen molar-refractivity contribution in [3.05, 3.63) is 224 Å². The highest BCUT2D eigenvalue weighted by Crippen LogP contribution is 2.52. The van der Waals surface area contributed by atoms with Crippen molar-refractivity contribution in [3.8, 4) is 56.7 Å². The predicted molar refractivity (Wildman–Crippen MR) is 290 cm³/mol. The van der Waals surface area contributed by atoms with E-state index >= 15 is 0 Å². The Balaban J connectivity index is 1.06. The number of furan rings is 1. The van der Waals surface area contributed by atoms with Crippen molar-refractivity contribution < 1.29 is 4.42 Å². The number of hydrogen-bond acceptors (Lipinski definition) is 5. The van der Waals surface area contributed by atoms with Crippen LogP contribution in [0.5, 0.6) is 0 Å². The molecule has 10 aromatic carbocycles. The van der Waals surface area contributed by atoms with Crippen LogP contribution in [-0.2, 0) is 0 Å². The fraction of sp³-hybridized carbons (Fsp3) is 0. The lowest BCUT2D eigenvalue weighted by Crippen LogP contribution is -2.01. The molecule has 5 aromatic heterocycles. The van der Waals surface area contributed by atoms with Gasteiger partial charge in [0, 0.05) is 74.9 Å². The molecule has 6 nitrogen and oxygen atoms in total. The zero-order valence-electron chi connectivity index (χ0n) is 37.4. The molecule has 0 unspecified atom stereocenters. The number of thiophene rings is 1. The summed E-state index contributed by atoms with van der Waals surface area (Å²) in [5, 5.41) is 9.27. The third kappa shape index (κ3) is 5.70. The van der Waals surface area contributed by atoms with E-state index in [1.54, 1.807) is 0 Å². The highest BCUT2D eigenvalue weighted by Gasteiger charge is 2.29. The fourth-order valence-corrected chi connectivity index (χ4v) is 12.2. The Bertz CT molecular complexity index is 4570. The molecular weight excluding hydrogens is 875 g/mol. The maximum absolute atomic E-state index is 7.17. The Morgan fingerprint density at radius 2 is 0.857 bits per heavy atom. The van der Waals surface area contributed by atoms with Crippen LogP contribution in [0.3, 0.4) is 0 Å². The molecule has 0 bridgehead atoms. The molecule has 0 saturated carbocycles. The monoisotopic (exact) mass is 911 g/mol. The molecule has 0 atom stereocenters. The van der Waals surface area contributed by atoms with Gasteiger partial charge in [-0.05, 0) is 59.7 Å². The van der Waals surface area contributed by atoms with E-state index in [9.17, 15) is 0 Å². The van der Waals surface area contributed by atoms with E-state index in [0.717, 1.165) is 77.7 Å². The topological polar surface area (TPSA) is 61.7 Å². The van der Waals surface area contributed by atoms with Crippen LogP contribution >= 0.6 is 11.3 Å². The predicted octanol–water partition coefficient (Wildman–Crippen LogP) is 17.0. The molecule has 15 aromatic rings. The number of nitrogens with zero attached hydrogens (tertiary/aromatic N) is 5. The number of fused-ring (bicyclic) bond motifs is 15. The largest absolute Gasteiger partial charge is 0.454 e. The second kappa shape index (κ2) is 15.2. The molecule has 0 aliphatic heterocycles. The molecule has 70 heavy (non-hydrogen) atoms. The first-order chi connectivity index (χ1) is 34.7. The molecule has 326 valence electrons. The third-order valence-electron chi connectivity index (χ3n) is 14.0. The number of hydrogen-bond donors (Lipinski definition) is 0. The van der Waals surface area contributed by atoms with Crippen LogP contribution in [-0.4, -0.2) is 24.1 Å². The lowest BCUT2D eigenvalue weighted by molar-refractivity contribution is 0.666. The summed E-state index contributed by atoms with van der Waals surface area (Å²) in [6.07, 6.45) is 0. The average molecular weight is 912 g/mol. The molecule has 0 amide bonds. The van der Waals surface area contributed by atoms with Gasteiger partial charge in [0.25, 0.3) is 0 Å². The third-order valence-corrected chi connectivity index (χ3v) is 15.2. The van der Waals surface area contributed by atoms with Gasteiger partial charge in [-0.1, -0.05) is 176 Å². The first-order valence-corrected chi connectivity index (χ1v) is 24.3. The van der Waals surface area contributed by atoms with Gasteiger partial charge in [0.15, 0.2) is 23.1 Å². The summed E-state index contributed by atoms with van der Waals surface area (Å²) in [4.78, 5) is 15.7. The van der Waals surface area contributed by atoms with E-state index in [1.807, 2.05) is 41.7 Å². The van der Waals surface area contributed by atoms with Gasteiger partial charge >= 0.3 is 0 Å². The van der Waals surface area contributed by atoms with Crippen molar-refractivity contribution in [2.75, 3.05) is 0 Å². The van der Waals surface area contributed by atoms with Crippen molar-refractivity contribution in [1.82, 2.24) is 24.1 Å². The van der Waals surface area contributed by atoms with Crippen LogP contribution < -0.4 is 0 Å². The van der Waals surface area contributed by atoms with E-state index in [2.05, 4.69) is 203 Å². The van der Waals surface area contributed by atoms with Crippen LogP contribution in [0.25, 0.3) is 142 Å².